The topological polar surface area (TPSA) is 83.6 Å². The first-order valence-electron chi connectivity index (χ1n) is 4.76. The molecule has 1 aliphatic carbocycles. The number of hydrogen-bond acceptors (Lipinski definition) is 3. The van der Waals surface area contributed by atoms with Gasteiger partial charge in [0.1, 0.15) is 6.04 Å². The van der Waals surface area contributed by atoms with Gasteiger partial charge in [-0.2, -0.15) is 0 Å². The lowest BCUT2D eigenvalue weighted by Gasteiger charge is -2.35. The van der Waals surface area contributed by atoms with E-state index in [4.69, 9.17) is 10.8 Å². The monoisotopic (exact) mass is 200 g/mol. The van der Waals surface area contributed by atoms with Crippen molar-refractivity contribution in [2.45, 2.75) is 37.8 Å². The molecule has 1 fully saturated rings. The summed E-state index contributed by atoms with van der Waals surface area (Å²) < 4.78 is 0. The molecule has 1 aliphatic rings. The van der Waals surface area contributed by atoms with Gasteiger partial charge in [0, 0.05) is 13.1 Å². The molecule has 0 aromatic heterocycles. The van der Waals surface area contributed by atoms with Crippen LogP contribution in [-0.4, -0.2) is 41.0 Å². The van der Waals surface area contributed by atoms with E-state index in [1.807, 2.05) is 0 Å². The predicted molar refractivity (Wildman–Crippen MR) is 50.6 cm³/mol. The van der Waals surface area contributed by atoms with Gasteiger partial charge in [0.25, 0.3) is 0 Å². The second kappa shape index (κ2) is 4.41. The molecule has 5 heteroatoms. The Morgan fingerprint density at radius 3 is 2.50 bits per heavy atom. The van der Waals surface area contributed by atoms with E-state index in [0.717, 1.165) is 19.3 Å². The van der Waals surface area contributed by atoms with E-state index < -0.39 is 12.0 Å². The molecule has 0 spiro atoms. The van der Waals surface area contributed by atoms with Gasteiger partial charge in [0.05, 0.1) is 6.42 Å². The van der Waals surface area contributed by atoms with Crippen LogP contribution in [0.2, 0.25) is 0 Å². The van der Waals surface area contributed by atoms with E-state index in [1.165, 1.54) is 0 Å². The number of nitrogens with zero attached hydrogens (tertiary/aromatic N) is 1. The van der Waals surface area contributed by atoms with E-state index in [9.17, 15) is 9.59 Å². The minimum Gasteiger partial charge on any atom is -0.480 e. The Labute approximate surface area is 82.9 Å². The zero-order valence-electron chi connectivity index (χ0n) is 8.27. The lowest BCUT2D eigenvalue weighted by Crippen LogP contribution is -2.44. The molecular formula is C9H16N2O3. The molecule has 1 saturated carbocycles. The molecule has 1 atom stereocenters. The van der Waals surface area contributed by atoms with Crippen molar-refractivity contribution in [2.24, 2.45) is 5.73 Å². The highest BCUT2D eigenvalue weighted by molar-refractivity contribution is 5.84. The van der Waals surface area contributed by atoms with Crippen molar-refractivity contribution in [2.75, 3.05) is 7.05 Å². The molecule has 80 valence electrons. The third-order valence-corrected chi connectivity index (χ3v) is 2.73. The van der Waals surface area contributed by atoms with Crippen LogP contribution in [0.15, 0.2) is 0 Å². The predicted octanol–water partition coefficient (Wildman–Crippen LogP) is -0.201. The molecule has 0 bridgehead atoms. The third kappa shape index (κ3) is 2.45. The smallest absolute Gasteiger partial charge is 0.321 e. The van der Waals surface area contributed by atoms with Gasteiger partial charge in [-0.05, 0) is 19.3 Å². The van der Waals surface area contributed by atoms with Crippen molar-refractivity contribution >= 4 is 11.9 Å². The van der Waals surface area contributed by atoms with Crippen molar-refractivity contribution in [3.63, 3.8) is 0 Å². The Morgan fingerprint density at radius 2 is 2.14 bits per heavy atom. The molecule has 0 aliphatic heterocycles. The highest BCUT2D eigenvalue weighted by Gasteiger charge is 2.27. The maximum Gasteiger partial charge on any atom is 0.321 e. The van der Waals surface area contributed by atoms with Crippen LogP contribution in [0.25, 0.3) is 0 Å². The number of nitrogens with two attached hydrogens (primary N) is 1. The van der Waals surface area contributed by atoms with Crippen LogP contribution in [0.4, 0.5) is 0 Å². The Hall–Kier alpha value is -1.10. The number of aliphatic carboxylic acids is 1. The standard InChI is InChI=1S/C9H16N2O3/c1-11(6-3-2-4-6)8(12)5-7(10)9(13)14/h6-7H,2-5,10H2,1H3,(H,13,14). The number of carbonyl (C=O) groups excluding carboxylic acids is 1. The van der Waals surface area contributed by atoms with Gasteiger partial charge in [0.2, 0.25) is 5.91 Å². The summed E-state index contributed by atoms with van der Waals surface area (Å²) >= 11 is 0. The summed E-state index contributed by atoms with van der Waals surface area (Å²) in [6.07, 6.45) is 3.07. The normalized spacial score (nSPS) is 18.4. The molecule has 5 nitrogen and oxygen atoms in total. The van der Waals surface area contributed by atoms with Crippen LogP contribution in [0, 0.1) is 0 Å². The first kappa shape index (κ1) is 11.0. The zero-order valence-corrected chi connectivity index (χ0v) is 8.27. The quantitative estimate of drug-likeness (QED) is 0.658. The largest absolute Gasteiger partial charge is 0.480 e. The van der Waals surface area contributed by atoms with Crippen molar-refractivity contribution in [3.8, 4) is 0 Å². The minimum atomic E-state index is -1.12. The number of carbonyl (C=O) groups is 2. The molecule has 3 N–H and O–H groups in total. The van der Waals surface area contributed by atoms with Gasteiger partial charge in [-0.25, -0.2) is 0 Å². The molecule has 0 aromatic rings. The maximum absolute atomic E-state index is 11.5. The molecule has 1 unspecified atom stereocenters. The van der Waals surface area contributed by atoms with Crippen LogP contribution in [0.1, 0.15) is 25.7 Å². The fourth-order valence-electron chi connectivity index (χ4n) is 1.40. The van der Waals surface area contributed by atoms with Gasteiger partial charge in [-0.15, -0.1) is 0 Å². The SMILES string of the molecule is CN(C(=O)CC(N)C(=O)O)C1CCC1. The number of hydrogen-bond donors (Lipinski definition) is 2. The number of amides is 1. The highest BCUT2D eigenvalue weighted by Crippen LogP contribution is 2.23. The molecular weight excluding hydrogens is 184 g/mol. The minimum absolute atomic E-state index is 0.109. The fraction of sp³-hybridized carbons (Fsp3) is 0.778. The molecule has 1 rings (SSSR count). The lowest BCUT2D eigenvalue weighted by atomic mass is 9.91. The summed E-state index contributed by atoms with van der Waals surface area (Å²) in [7, 11) is 1.71. The molecule has 0 heterocycles. The third-order valence-electron chi connectivity index (χ3n) is 2.73. The van der Waals surface area contributed by atoms with Gasteiger partial charge >= 0.3 is 5.97 Å². The van der Waals surface area contributed by atoms with Crippen LogP contribution >= 0.6 is 0 Å². The molecule has 14 heavy (non-hydrogen) atoms. The summed E-state index contributed by atoms with van der Waals surface area (Å²) in [5, 5.41) is 8.53. The number of rotatable bonds is 4. The second-order valence-corrected chi connectivity index (χ2v) is 3.74. The fourth-order valence-corrected chi connectivity index (χ4v) is 1.40. The number of carboxylic acid groups (broad SMARTS) is 1. The van der Waals surface area contributed by atoms with E-state index >= 15 is 0 Å². The Balaban J connectivity index is 2.36. The van der Waals surface area contributed by atoms with E-state index in [0.29, 0.717) is 6.04 Å². The van der Waals surface area contributed by atoms with Gasteiger partial charge < -0.3 is 15.7 Å². The van der Waals surface area contributed by atoms with Crippen LogP contribution in [-0.2, 0) is 9.59 Å². The van der Waals surface area contributed by atoms with Crippen molar-refractivity contribution in [3.05, 3.63) is 0 Å². The maximum atomic E-state index is 11.5. The Bertz CT molecular complexity index is 238. The molecule has 1 amide bonds. The van der Waals surface area contributed by atoms with E-state index in [1.54, 1.807) is 11.9 Å². The Morgan fingerprint density at radius 1 is 1.57 bits per heavy atom. The van der Waals surface area contributed by atoms with Gasteiger partial charge in [-0.1, -0.05) is 0 Å². The molecule has 0 saturated heterocycles. The van der Waals surface area contributed by atoms with Crippen LogP contribution in [0.3, 0.4) is 0 Å². The van der Waals surface area contributed by atoms with Gasteiger partial charge in [0.15, 0.2) is 0 Å². The van der Waals surface area contributed by atoms with Crippen LogP contribution in [0.5, 0.6) is 0 Å². The summed E-state index contributed by atoms with van der Waals surface area (Å²) in [5.74, 6) is -1.30. The zero-order chi connectivity index (χ0) is 10.7. The van der Waals surface area contributed by atoms with Crippen LogP contribution < -0.4 is 5.73 Å². The van der Waals surface area contributed by atoms with Gasteiger partial charge in [-0.3, -0.25) is 9.59 Å². The summed E-state index contributed by atoms with van der Waals surface area (Å²) in [6.45, 7) is 0. The summed E-state index contributed by atoms with van der Waals surface area (Å²) in [6, 6.07) is -0.784. The lowest BCUT2D eigenvalue weighted by molar-refractivity contribution is -0.143. The summed E-state index contributed by atoms with van der Waals surface area (Å²) in [5.41, 5.74) is 5.27. The first-order valence-corrected chi connectivity index (χ1v) is 4.76. The molecule has 0 radical (unpaired) electrons. The highest BCUT2D eigenvalue weighted by atomic mass is 16.4. The van der Waals surface area contributed by atoms with Crippen molar-refractivity contribution in [1.29, 1.82) is 0 Å². The van der Waals surface area contributed by atoms with Crippen molar-refractivity contribution < 1.29 is 14.7 Å². The van der Waals surface area contributed by atoms with E-state index in [-0.39, 0.29) is 12.3 Å². The average Bonchev–Trinajstić information content (AvgIpc) is 2.00. The summed E-state index contributed by atoms with van der Waals surface area (Å²) in [4.78, 5) is 23.5. The second-order valence-electron chi connectivity index (χ2n) is 3.74. The molecule has 0 aromatic carbocycles. The van der Waals surface area contributed by atoms with E-state index in [2.05, 4.69) is 0 Å². The first-order chi connectivity index (χ1) is 6.52. The Kier molecular flexibility index (Phi) is 3.46. The average molecular weight is 200 g/mol. The number of carboxylic acids is 1. The van der Waals surface area contributed by atoms with Crippen molar-refractivity contribution in [1.82, 2.24) is 4.90 Å².